The topological polar surface area (TPSA) is 32.3 Å². The Morgan fingerprint density at radius 3 is 2.41 bits per heavy atom. The highest BCUT2D eigenvalue weighted by Crippen LogP contribution is 2.24. The van der Waals surface area contributed by atoms with E-state index in [0.717, 1.165) is 13.0 Å². The molecule has 0 amide bonds. The van der Waals surface area contributed by atoms with Crippen LogP contribution >= 0.6 is 11.8 Å². The third-order valence-electron chi connectivity index (χ3n) is 2.68. The molecule has 2 nitrogen and oxygen atoms in total. The first-order valence-corrected chi connectivity index (χ1v) is 7.16. The zero-order valence-corrected chi connectivity index (χ0v) is 11.8. The van der Waals surface area contributed by atoms with E-state index < -0.39 is 0 Å². The summed E-state index contributed by atoms with van der Waals surface area (Å²) in [6, 6.07) is 9.01. The summed E-state index contributed by atoms with van der Waals surface area (Å²) in [4.78, 5) is 1.22. The third-order valence-corrected chi connectivity index (χ3v) is 3.77. The van der Waals surface area contributed by atoms with Gasteiger partial charge in [0.15, 0.2) is 0 Å². The Kier molecular flexibility index (Phi) is 6.63. The molecule has 96 valence electrons. The fraction of sp³-hybridized carbons (Fsp3) is 0.571. The number of thioether (sulfide) groups is 1. The molecule has 0 aromatic heterocycles. The molecule has 2 atom stereocenters. The molecule has 0 saturated heterocycles. The van der Waals surface area contributed by atoms with Crippen LogP contribution in [0.3, 0.4) is 0 Å². The zero-order valence-electron chi connectivity index (χ0n) is 10.9. The van der Waals surface area contributed by atoms with Crippen molar-refractivity contribution in [1.29, 1.82) is 0 Å². The Bertz CT molecular complexity index is 313. The van der Waals surface area contributed by atoms with Crippen LogP contribution in [-0.4, -0.2) is 23.5 Å². The molecule has 0 fully saturated rings. The quantitative estimate of drug-likeness (QED) is 0.732. The maximum atomic E-state index is 9.01. The molecule has 2 N–H and O–H groups in total. The molecule has 0 saturated carbocycles. The smallest absolute Gasteiger partial charge is 0.0550 e. The second kappa shape index (κ2) is 7.75. The van der Waals surface area contributed by atoms with E-state index in [1.165, 1.54) is 10.5 Å². The van der Waals surface area contributed by atoms with Gasteiger partial charge in [-0.3, -0.25) is 0 Å². The molecule has 0 spiro atoms. The number of hydrogen-bond acceptors (Lipinski definition) is 3. The molecule has 1 rings (SSSR count). The van der Waals surface area contributed by atoms with Crippen LogP contribution in [0.25, 0.3) is 0 Å². The highest BCUT2D eigenvalue weighted by atomic mass is 32.2. The number of rotatable bonds is 7. The van der Waals surface area contributed by atoms with Crippen molar-refractivity contribution in [3.63, 3.8) is 0 Å². The van der Waals surface area contributed by atoms with Crippen molar-refractivity contribution in [3.05, 3.63) is 29.8 Å². The minimum Gasteiger partial charge on any atom is -0.395 e. The van der Waals surface area contributed by atoms with Crippen LogP contribution < -0.4 is 5.32 Å². The average Bonchev–Trinajstić information content (AvgIpc) is 2.36. The monoisotopic (exact) mass is 253 g/mol. The minimum atomic E-state index is 0.223. The maximum Gasteiger partial charge on any atom is 0.0550 e. The van der Waals surface area contributed by atoms with Crippen molar-refractivity contribution in [2.24, 2.45) is 0 Å². The first kappa shape index (κ1) is 14.6. The van der Waals surface area contributed by atoms with Crippen LogP contribution in [0.5, 0.6) is 0 Å². The van der Waals surface area contributed by atoms with Crippen LogP contribution in [0.2, 0.25) is 0 Å². The molecule has 0 aliphatic heterocycles. The molecule has 17 heavy (non-hydrogen) atoms. The minimum absolute atomic E-state index is 0.223. The van der Waals surface area contributed by atoms with Gasteiger partial charge in [-0.15, -0.1) is 11.8 Å². The Balaban J connectivity index is 2.54. The first-order chi connectivity index (χ1) is 8.17. The Morgan fingerprint density at radius 1 is 1.24 bits per heavy atom. The summed E-state index contributed by atoms with van der Waals surface area (Å²) < 4.78 is 0. The van der Waals surface area contributed by atoms with Gasteiger partial charge in [0.1, 0.15) is 0 Å². The fourth-order valence-electron chi connectivity index (χ4n) is 1.58. The molecule has 0 aliphatic carbocycles. The van der Waals surface area contributed by atoms with Crippen molar-refractivity contribution in [2.45, 2.75) is 43.4 Å². The van der Waals surface area contributed by atoms with E-state index in [2.05, 4.69) is 43.4 Å². The standard InChI is InChI=1S/C14H23NOS/c1-4-9-15-12(3)13-5-7-14(8-6-13)17-11(2)10-16/h5-8,11-12,15-16H,4,9-10H2,1-3H3. The van der Waals surface area contributed by atoms with Crippen molar-refractivity contribution in [2.75, 3.05) is 13.2 Å². The molecule has 2 unspecified atom stereocenters. The third kappa shape index (κ3) is 5.11. The fourth-order valence-corrected chi connectivity index (χ4v) is 2.42. The molecular formula is C14H23NOS. The van der Waals surface area contributed by atoms with E-state index >= 15 is 0 Å². The molecule has 1 aromatic rings. The van der Waals surface area contributed by atoms with Gasteiger partial charge in [-0.1, -0.05) is 26.0 Å². The van der Waals surface area contributed by atoms with Crippen LogP contribution in [0.15, 0.2) is 29.2 Å². The number of aliphatic hydroxyl groups is 1. The Hall–Kier alpha value is -0.510. The number of hydrogen-bond donors (Lipinski definition) is 2. The van der Waals surface area contributed by atoms with E-state index in [9.17, 15) is 0 Å². The molecule has 0 aliphatic rings. The van der Waals surface area contributed by atoms with E-state index in [4.69, 9.17) is 5.11 Å². The summed E-state index contributed by atoms with van der Waals surface area (Å²) in [5, 5.41) is 12.7. The SMILES string of the molecule is CCCNC(C)c1ccc(SC(C)CO)cc1. The van der Waals surface area contributed by atoms with Gasteiger partial charge >= 0.3 is 0 Å². The summed E-state index contributed by atoms with van der Waals surface area (Å²) in [5.41, 5.74) is 1.32. The highest BCUT2D eigenvalue weighted by molar-refractivity contribution is 8.00. The largest absolute Gasteiger partial charge is 0.395 e. The van der Waals surface area contributed by atoms with E-state index in [0.29, 0.717) is 6.04 Å². The van der Waals surface area contributed by atoms with Gasteiger partial charge in [-0.05, 0) is 37.6 Å². The first-order valence-electron chi connectivity index (χ1n) is 6.28. The Morgan fingerprint density at radius 2 is 1.88 bits per heavy atom. The van der Waals surface area contributed by atoms with Gasteiger partial charge in [0, 0.05) is 16.2 Å². The van der Waals surface area contributed by atoms with Gasteiger partial charge in [0.2, 0.25) is 0 Å². The van der Waals surface area contributed by atoms with Crippen molar-refractivity contribution < 1.29 is 5.11 Å². The molecule has 0 radical (unpaired) electrons. The zero-order chi connectivity index (χ0) is 12.7. The van der Waals surface area contributed by atoms with Gasteiger partial charge in [0.25, 0.3) is 0 Å². The van der Waals surface area contributed by atoms with Crippen molar-refractivity contribution in [3.8, 4) is 0 Å². The lowest BCUT2D eigenvalue weighted by Gasteiger charge is -2.14. The Labute approximate surface area is 109 Å². The van der Waals surface area contributed by atoms with Gasteiger partial charge in [-0.25, -0.2) is 0 Å². The van der Waals surface area contributed by atoms with Crippen LogP contribution in [0.4, 0.5) is 0 Å². The summed E-state index contributed by atoms with van der Waals surface area (Å²) in [7, 11) is 0. The lowest BCUT2D eigenvalue weighted by Crippen LogP contribution is -2.19. The predicted molar refractivity (Wildman–Crippen MR) is 75.6 cm³/mol. The lowest BCUT2D eigenvalue weighted by atomic mass is 10.1. The summed E-state index contributed by atoms with van der Waals surface area (Å²) in [6.07, 6.45) is 1.16. The van der Waals surface area contributed by atoms with Gasteiger partial charge in [-0.2, -0.15) is 0 Å². The van der Waals surface area contributed by atoms with E-state index in [1.807, 2.05) is 6.92 Å². The van der Waals surface area contributed by atoms with Crippen molar-refractivity contribution in [1.82, 2.24) is 5.32 Å². The number of benzene rings is 1. The average molecular weight is 253 g/mol. The second-order valence-corrected chi connectivity index (χ2v) is 5.87. The molecule has 1 aromatic carbocycles. The summed E-state index contributed by atoms with van der Waals surface area (Å²) in [6.45, 7) is 7.67. The predicted octanol–water partition coefficient (Wildman–Crippen LogP) is 3.22. The van der Waals surface area contributed by atoms with Crippen LogP contribution in [-0.2, 0) is 0 Å². The second-order valence-electron chi connectivity index (χ2n) is 4.36. The molecule has 0 bridgehead atoms. The molecule has 3 heteroatoms. The normalized spacial score (nSPS) is 14.6. The van der Waals surface area contributed by atoms with E-state index in [1.54, 1.807) is 11.8 Å². The highest BCUT2D eigenvalue weighted by Gasteiger charge is 2.05. The number of nitrogens with one attached hydrogen (secondary N) is 1. The molecule has 0 heterocycles. The summed E-state index contributed by atoms with van der Waals surface area (Å²) in [5.74, 6) is 0. The van der Waals surface area contributed by atoms with Gasteiger partial charge < -0.3 is 10.4 Å². The maximum absolute atomic E-state index is 9.01. The van der Waals surface area contributed by atoms with Crippen LogP contribution in [0, 0.1) is 0 Å². The van der Waals surface area contributed by atoms with E-state index in [-0.39, 0.29) is 11.9 Å². The summed E-state index contributed by atoms with van der Waals surface area (Å²) >= 11 is 1.71. The van der Waals surface area contributed by atoms with Gasteiger partial charge in [0.05, 0.1) is 6.61 Å². The van der Waals surface area contributed by atoms with Crippen LogP contribution in [0.1, 0.15) is 38.8 Å². The molecular weight excluding hydrogens is 230 g/mol. The lowest BCUT2D eigenvalue weighted by molar-refractivity contribution is 0.300. The number of aliphatic hydroxyl groups excluding tert-OH is 1. The van der Waals surface area contributed by atoms with Crippen molar-refractivity contribution >= 4 is 11.8 Å².